The standard InChI is InChI=1S/C35H47NO10/c1-19(37)36(20(2)38)27-25(30(41)45-34(9,10)11)22-17-15-21(16-18-23(22)26(27)31(42)46-35(12,13)14)24(28(39)43-32(3,4)5)29(40)44-33(6,7)8/h15-18,24H,1-14H3. The van der Waals surface area contributed by atoms with Crippen LogP contribution in [0.2, 0.25) is 0 Å². The van der Waals surface area contributed by atoms with Crippen LogP contribution in [0.3, 0.4) is 0 Å². The van der Waals surface area contributed by atoms with Gasteiger partial charge in [-0.2, -0.15) is 0 Å². The molecule has 2 amide bonds. The Morgan fingerprint density at radius 3 is 1.09 bits per heavy atom. The summed E-state index contributed by atoms with van der Waals surface area (Å²) in [4.78, 5) is 81.0. The number of amides is 2. The highest BCUT2D eigenvalue weighted by Crippen LogP contribution is 2.45. The molecule has 11 heteroatoms. The lowest BCUT2D eigenvalue weighted by molar-refractivity contribution is -0.169. The van der Waals surface area contributed by atoms with Crippen molar-refractivity contribution in [3.05, 3.63) is 41.0 Å². The fourth-order valence-corrected chi connectivity index (χ4v) is 4.52. The average Bonchev–Trinajstić information content (AvgIpc) is 2.95. The highest BCUT2D eigenvalue weighted by Gasteiger charge is 2.41. The third kappa shape index (κ3) is 9.86. The minimum Gasteiger partial charge on any atom is -0.459 e. The van der Waals surface area contributed by atoms with Crippen molar-refractivity contribution >= 4 is 41.4 Å². The lowest BCUT2D eigenvalue weighted by Crippen LogP contribution is -2.36. The van der Waals surface area contributed by atoms with Crippen LogP contribution in [0.4, 0.5) is 5.69 Å². The van der Waals surface area contributed by atoms with E-state index in [2.05, 4.69) is 0 Å². The van der Waals surface area contributed by atoms with Gasteiger partial charge in [0.2, 0.25) is 11.8 Å². The van der Waals surface area contributed by atoms with E-state index in [0.717, 1.165) is 18.7 Å². The summed E-state index contributed by atoms with van der Waals surface area (Å²) in [6.45, 7) is 22.1. The van der Waals surface area contributed by atoms with E-state index in [9.17, 15) is 28.8 Å². The average molecular weight is 642 g/mol. The molecule has 0 aromatic rings. The van der Waals surface area contributed by atoms with Gasteiger partial charge in [0.05, 0.1) is 16.8 Å². The van der Waals surface area contributed by atoms with Crippen LogP contribution < -0.4 is 4.90 Å². The molecule has 0 fully saturated rings. The molecule has 0 saturated carbocycles. The Hall–Kier alpha value is -4.28. The first kappa shape index (κ1) is 37.9. The molecule has 0 heterocycles. The van der Waals surface area contributed by atoms with Gasteiger partial charge in [-0.3, -0.25) is 19.2 Å². The summed E-state index contributed by atoms with van der Waals surface area (Å²) in [5.41, 5.74) is -4.29. The molecule has 2 aliphatic rings. The molecule has 0 aliphatic heterocycles. The topological polar surface area (TPSA) is 143 Å². The molecule has 0 aromatic heterocycles. The highest BCUT2D eigenvalue weighted by atomic mass is 16.6. The maximum Gasteiger partial charge on any atom is 0.341 e. The van der Waals surface area contributed by atoms with Crippen molar-refractivity contribution in [2.75, 3.05) is 4.90 Å². The normalized spacial score (nSPS) is 12.4. The molecule has 252 valence electrons. The van der Waals surface area contributed by atoms with Gasteiger partial charge >= 0.3 is 23.9 Å². The first-order valence-corrected chi connectivity index (χ1v) is 15.0. The highest BCUT2D eigenvalue weighted by molar-refractivity contribution is 6.25. The first-order chi connectivity index (χ1) is 20.6. The largest absolute Gasteiger partial charge is 0.459 e. The second-order valence-corrected chi connectivity index (χ2v) is 15.0. The third-order valence-corrected chi connectivity index (χ3v) is 5.87. The molecule has 0 radical (unpaired) electrons. The summed E-state index contributed by atoms with van der Waals surface area (Å²) in [5.74, 6) is -6.61. The maximum absolute atomic E-state index is 13.8. The van der Waals surface area contributed by atoms with Crippen molar-refractivity contribution in [3.8, 4) is 11.1 Å². The van der Waals surface area contributed by atoms with Crippen molar-refractivity contribution in [1.29, 1.82) is 0 Å². The number of imide groups is 1. The van der Waals surface area contributed by atoms with E-state index >= 15 is 0 Å². The smallest absolute Gasteiger partial charge is 0.341 e. The van der Waals surface area contributed by atoms with Crippen LogP contribution in [0.25, 0.3) is 11.1 Å². The molecule has 0 saturated heterocycles. The Morgan fingerprint density at radius 1 is 0.522 bits per heavy atom. The van der Waals surface area contributed by atoms with Crippen molar-refractivity contribution in [2.24, 2.45) is 0 Å². The second-order valence-electron chi connectivity index (χ2n) is 15.0. The first-order valence-electron chi connectivity index (χ1n) is 15.0. The number of rotatable bonds is 6. The second kappa shape index (κ2) is 13.2. The third-order valence-electron chi connectivity index (χ3n) is 5.87. The van der Waals surface area contributed by atoms with Crippen molar-refractivity contribution < 1.29 is 47.7 Å². The molecule has 0 bridgehead atoms. The van der Waals surface area contributed by atoms with Crippen LogP contribution in [0.15, 0.2) is 24.3 Å². The summed E-state index contributed by atoms with van der Waals surface area (Å²) in [5, 5.41) is 0. The zero-order valence-electron chi connectivity index (χ0n) is 29.4. The van der Waals surface area contributed by atoms with Crippen LogP contribution in [0.5, 0.6) is 0 Å². The Bertz CT molecular complexity index is 1400. The molecule has 11 nitrogen and oxygen atoms in total. The van der Waals surface area contributed by atoms with Crippen LogP contribution in [-0.2, 0) is 38.1 Å². The van der Waals surface area contributed by atoms with Gasteiger partial charge in [-0.15, -0.1) is 0 Å². The van der Waals surface area contributed by atoms with Crippen LogP contribution in [-0.4, -0.2) is 58.1 Å². The van der Waals surface area contributed by atoms with Gasteiger partial charge in [0.15, 0.2) is 5.92 Å². The van der Waals surface area contributed by atoms with E-state index in [4.69, 9.17) is 18.9 Å². The van der Waals surface area contributed by atoms with Gasteiger partial charge in [-0.25, -0.2) is 14.5 Å². The summed E-state index contributed by atoms with van der Waals surface area (Å²) in [6.07, 6.45) is 0. The summed E-state index contributed by atoms with van der Waals surface area (Å²) >= 11 is 0. The van der Waals surface area contributed by atoms with Gasteiger partial charge in [0.25, 0.3) is 0 Å². The molecular formula is C35H47NO10. The number of anilines is 1. The number of carbonyl (C=O) groups excluding carboxylic acids is 6. The molecule has 0 N–H and O–H groups in total. The minimum absolute atomic E-state index is 0.107. The van der Waals surface area contributed by atoms with E-state index in [-0.39, 0.29) is 33.5 Å². The Morgan fingerprint density at radius 2 is 0.826 bits per heavy atom. The molecule has 2 rings (SSSR count). The lowest BCUT2D eigenvalue weighted by atomic mass is 9.99. The number of fused-ring (bicyclic) bond motifs is 1. The van der Waals surface area contributed by atoms with Crippen LogP contribution >= 0.6 is 0 Å². The van der Waals surface area contributed by atoms with E-state index in [1.165, 1.54) is 24.3 Å². The summed E-state index contributed by atoms with van der Waals surface area (Å²) in [6, 6.07) is 5.68. The Balaban J connectivity index is 3.12. The van der Waals surface area contributed by atoms with E-state index in [1.54, 1.807) is 83.1 Å². The number of hydrogen-bond acceptors (Lipinski definition) is 10. The van der Waals surface area contributed by atoms with Crippen molar-refractivity contribution in [3.63, 3.8) is 0 Å². The molecule has 46 heavy (non-hydrogen) atoms. The number of ether oxygens (including phenoxy) is 4. The van der Waals surface area contributed by atoms with Gasteiger partial charge in [0.1, 0.15) is 22.4 Å². The molecule has 0 unspecified atom stereocenters. The zero-order chi connectivity index (χ0) is 35.7. The molecule has 0 spiro atoms. The molecule has 2 aliphatic carbocycles. The number of carbonyl (C=O) groups is 6. The minimum atomic E-state index is -1.53. The molecule has 0 atom stereocenters. The van der Waals surface area contributed by atoms with Gasteiger partial charge in [-0.1, -0.05) is 24.3 Å². The zero-order valence-corrected chi connectivity index (χ0v) is 29.4. The maximum atomic E-state index is 13.8. The van der Waals surface area contributed by atoms with E-state index < -0.39 is 64.0 Å². The lowest BCUT2D eigenvalue weighted by Gasteiger charge is -2.26. The predicted octanol–water partition coefficient (Wildman–Crippen LogP) is 6.37. The fraction of sp³-hybridized carbons (Fsp3) is 0.543. The van der Waals surface area contributed by atoms with Crippen LogP contribution in [0, 0.1) is 0 Å². The monoisotopic (exact) mass is 641 g/mol. The van der Waals surface area contributed by atoms with Crippen molar-refractivity contribution in [1.82, 2.24) is 0 Å². The van der Waals surface area contributed by atoms with Gasteiger partial charge in [0, 0.05) is 13.8 Å². The Labute approximate surface area is 271 Å². The number of esters is 4. The molecular weight excluding hydrogens is 594 g/mol. The molecule has 0 aromatic carbocycles. The van der Waals surface area contributed by atoms with Gasteiger partial charge in [-0.05, 0) is 99.8 Å². The summed E-state index contributed by atoms with van der Waals surface area (Å²) < 4.78 is 22.5. The summed E-state index contributed by atoms with van der Waals surface area (Å²) in [7, 11) is 0. The van der Waals surface area contributed by atoms with Crippen LogP contribution in [0.1, 0.15) is 129 Å². The van der Waals surface area contributed by atoms with E-state index in [0.29, 0.717) is 0 Å². The predicted molar refractivity (Wildman–Crippen MR) is 172 cm³/mol. The Kier molecular flexibility index (Phi) is 10.9. The number of hydrogen-bond donors (Lipinski definition) is 0. The fourth-order valence-electron chi connectivity index (χ4n) is 4.52. The SMILES string of the molecule is CC(=O)N(C(C)=O)c1c(C(=O)OC(C)(C)C)c2ccc(C(C(=O)OC(C)(C)C)C(=O)OC(C)(C)C)ccc-2c1C(=O)OC(C)(C)C. The van der Waals surface area contributed by atoms with Gasteiger partial charge < -0.3 is 18.9 Å². The van der Waals surface area contributed by atoms with Crippen molar-refractivity contribution in [2.45, 2.75) is 125 Å². The van der Waals surface area contributed by atoms with E-state index in [1.807, 2.05) is 0 Å². The quantitative estimate of drug-likeness (QED) is 0.198. The number of nitrogens with zero attached hydrogens (tertiary/aromatic N) is 1.